The monoisotopic (exact) mass is 116 g/mol. The predicted molar refractivity (Wildman–Crippen MR) is 27.4 cm³/mol. The molecule has 0 N–H and O–H groups in total. The minimum absolute atomic E-state index is 0.0370. The van der Waals surface area contributed by atoms with E-state index in [-0.39, 0.29) is 5.56 Å². The molecule has 0 unspecified atom stereocenters. The van der Waals surface area contributed by atoms with Crippen LogP contribution in [0.5, 0.6) is 0 Å². The molecule has 0 saturated heterocycles. The van der Waals surface area contributed by atoms with Crippen LogP contribution >= 0.6 is 11.7 Å². The zero-order valence-electron chi connectivity index (χ0n) is 3.79. The molecule has 1 heterocycles. The number of nitrogens with zero attached hydrogens (tertiary/aromatic N) is 2. The van der Waals surface area contributed by atoms with E-state index < -0.39 is 0 Å². The molecule has 4 heteroatoms. The normalized spacial score (nSPS) is 9.29. The van der Waals surface area contributed by atoms with Gasteiger partial charge in [0, 0.05) is 18.8 Å². The van der Waals surface area contributed by atoms with Crippen LogP contribution in [-0.2, 0) is 7.05 Å². The molecule has 0 fully saturated rings. The van der Waals surface area contributed by atoms with E-state index in [1.54, 1.807) is 7.05 Å². The topological polar surface area (TPSA) is 34.9 Å². The van der Waals surface area contributed by atoms with Crippen LogP contribution < -0.4 is 5.56 Å². The van der Waals surface area contributed by atoms with E-state index in [1.165, 1.54) is 10.2 Å². The fourth-order valence-electron chi connectivity index (χ4n) is 0.261. The molecule has 0 radical (unpaired) electrons. The van der Waals surface area contributed by atoms with Crippen LogP contribution in [0.25, 0.3) is 0 Å². The fourth-order valence-corrected chi connectivity index (χ4v) is 0.667. The molecule has 1 aromatic rings. The van der Waals surface area contributed by atoms with Gasteiger partial charge in [-0.3, -0.25) is 4.79 Å². The Labute approximate surface area is 44.5 Å². The molecule has 3 nitrogen and oxygen atoms in total. The van der Waals surface area contributed by atoms with Crippen molar-refractivity contribution in [3.63, 3.8) is 0 Å². The molecule has 38 valence electrons. The van der Waals surface area contributed by atoms with Crippen LogP contribution in [0.4, 0.5) is 0 Å². The Morgan fingerprint density at radius 1 is 2.00 bits per heavy atom. The summed E-state index contributed by atoms with van der Waals surface area (Å²) in [4.78, 5) is 10.3. The molecule has 1 rings (SSSR count). The van der Waals surface area contributed by atoms with Crippen LogP contribution in [0.15, 0.2) is 11.0 Å². The van der Waals surface area contributed by atoms with E-state index in [9.17, 15) is 4.79 Å². The minimum Gasteiger partial charge on any atom is -0.267 e. The van der Waals surface area contributed by atoms with E-state index in [4.69, 9.17) is 0 Å². The van der Waals surface area contributed by atoms with Crippen molar-refractivity contribution >= 4 is 11.7 Å². The number of aryl methyl sites for hydroxylation is 1. The molecule has 0 aromatic carbocycles. The Hall–Kier alpha value is -0.640. The Morgan fingerprint density at radius 2 is 2.71 bits per heavy atom. The fraction of sp³-hybridized carbons (Fsp3) is 0.333. The van der Waals surface area contributed by atoms with Gasteiger partial charge < -0.3 is 0 Å². The highest BCUT2D eigenvalue weighted by Gasteiger charge is 1.84. The number of rotatable bonds is 0. The number of hydrogen-bond acceptors (Lipinski definition) is 3. The summed E-state index contributed by atoms with van der Waals surface area (Å²) < 4.78 is 5.07. The van der Waals surface area contributed by atoms with E-state index >= 15 is 0 Å². The third-order valence-corrected chi connectivity index (χ3v) is 1.27. The summed E-state index contributed by atoms with van der Waals surface area (Å²) in [6.07, 6.45) is 1.30. The minimum atomic E-state index is -0.0370. The van der Waals surface area contributed by atoms with Crippen LogP contribution in [0.2, 0.25) is 0 Å². The summed E-state index contributed by atoms with van der Waals surface area (Å²) in [5.41, 5.74) is -0.0370. The quantitative estimate of drug-likeness (QED) is 0.472. The van der Waals surface area contributed by atoms with Crippen molar-refractivity contribution < 1.29 is 0 Å². The van der Waals surface area contributed by atoms with Crippen LogP contribution in [0.1, 0.15) is 0 Å². The molecule has 0 bridgehead atoms. The van der Waals surface area contributed by atoms with Crippen molar-refractivity contribution in [2.24, 2.45) is 7.05 Å². The lowest BCUT2D eigenvalue weighted by Gasteiger charge is -1.73. The Kier molecular flexibility index (Phi) is 0.941. The van der Waals surface area contributed by atoms with Crippen LogP contribution in [0, 0.1) is 0 Å². The average molecular weight is 116 g/mol. The summed E-state index contributed by atoms with van der Waals surface area (Å²) in [6.45, 7) is 0. The van der Waals surface area contributed by atoms with Crippen molar-refractivity contribution in [2.45, 2.75) is 0 Å². The molecule has 0 saturated carbocycles. The van der Waals surface area contributed by atoms with Gasteiger partial charge in [-0.15, -0.1) is 0 Å². The Bertz CT molecular complexity index is 201. The molecule has 0 spiro atoms. The second-order valence-electron chi connectivity index (χ2n) is 1.15. The zero-order valence-corrected chi connectivity index (χ0v) is 4.60. The lowest BCUT2D eigenvalue weighted by molar-refractivity contribution is 0.981. The van der Waals surface area contributed by atoms with Crippen molar-refractivity contribution in [3.8, 4) is 0 Å². The first-order chi connectivity index (χ1) is 3.30. The predicted octanol–water partition coefficient (Wildman–Crippen LogP) is -0.158. The summed E-state index contributed by atoms with van der Waals surface area (Å²) in [6, 6.07) is 0. The standard InChI is InChI=1S/C3H4N2OS/c1-5-3(6)2-4-7-5/h2H,1H3. The van der Waals surface area contributed by atoms with E-state index in [1.807, 2.05) is 0 Å². The van der Waals surface area contributed by atoms with Gasteiger partial charge in [0.2, 0.25) is 0 Å². The third-order valence-electron chi connectivity index (χ3n) is 0.643. The van der Waals surface area contributed by atoms with E-state index in [0.717, 1.165) is 11.7 Å². The summed E-state index contributed by atoms with van der Waals surface area (Å²) >= 11 is 1.16. The Balaban J connectivity index is 3.39. The highest BCUT2D eigenvalue weighted by Crippen LogP contribution is 1.76. The first-order valence-corrected chi connectivity index (χ1v) is 2.52. The average Bonchev–Trinajstić information content (AvgIpc) is 1.91. The first-order valence-electron chi connectivity index (χ1n) is 1.79. The maximum absolute atomic E-state index is 10.3. The van der Waals surface area contributed by atoms with Gasteiger partial charge in [-0.1, -0.05) is 0 Å². The van der Waals surface area contributed by atoms with Gasteiger partial charge in [-0.25, -0.2) is 3.96 Å². The highest BCUT2D eigenvalue weighted by molar-refractivity contribution is 6.99. The summed E-state index contributed by atoms with van der Waals surface area (Å²) in [5.74, 6) is 0. The third kappa shape index (κ3) is 0.691. The number of hydrogen-bond donors (Lipinski definition) is 0. The van der Waals surface area contributed by atoms with Crippen LogP contribution in [-0.4, -0.2) is 8.33 Å². The number of aromatic nitrogens is 2. The van der Waals surface area contributed by atoms with Gasteiger partial charge in [-0.05, 0) is 0 Å². The Morgan fingerprint density at radius 3 is 2.86 bits per heavy atom. The van der Waals surface area contributed by atoms with Gasteiger partial charge in [0.05, 0.1) is 0 Å². The molecule has 1 aromatic heterocycles. The van der Waals surface area contributed by atoms with E-state index in [2.05, 4.69) is 4.37 Å². The van der Waals surface area contributed by atoms with Gasteiger partial charge in [0.1, 0.15) is 6.20 Å². The molecule has 7 heavy (non-hydrogen) atoms. The van der Waals surface area contributed by atoms with Crippen molar-refractivity contribution in [2.75, 3.05) is 0 Å². The second kappa shape index (κ2) is 1.46. The first kappa shape index (κ1) is 4.52. The zero-order chi connectivity index (χ0) is 5.28. The molecule has 0 aliphatic rings. The van der Waals surface area contributed by atoms with E-state index in [0.29, 0.717) is 0 Å². The lowest BCUT2D eigenvalue weighted by atomic mass is 10.9. The van der Waals surface area contributed by atoms with Crippen LogP contribution in [0.3, 0.4) is 0 Å². The van der Waals surface area contributed by atoms with Gasteiger partial charge in [0.25, 0.3) is 5.56 Å². The van der Waals surface area contributed by atoms with Crippen molar-refractivity contribution in [1.82, 2.24) is 8.33 Å². The maximum atomic E-state index is 10.3. The van der Waals surface area contributed by atoms with Gasteiger partial charge >= 0.3 is 0 Å². The molecule has 0 amide bonds. The van der Waals surface area contributed by atoms with Gasteiger partial charge in [-0.2, -0.15) is 4.37 Å². The van der Waals surface area contributed by atoms with Gasteiger partial charge in [0.15, 0.2) is 0 Å². The van der Waals surface area contributed by atoms with Crippen molar-refractivity contribution in [3.05, 3.63) is 16.6 Å². The summed E-state index contributed by atoms with van der Waals surface area (Å²) in [7, 11) is 1.68. The highest BCUT2D eigenvalue weighted by atomic mass is 32.1. The molecular formula is C3H4N2OS. The molecular weight excluding hydrogens is 112 g/mol. The molecule has 0 atom stereocenters. The smallest absolute Gasteiger partial charge is 0.267 e. The summed E-state index contributed by atoms with van der Waals surface area (Å²) in [5, 5.41) is 0. The molecule has 0 aliphatic heterocycles. The van der Waals surface area contributed by atoms with Crippen molar-refractivity contribution in [1.29, 1.82) is 0 Å². The lowest BCUT2D eigenvalue weighted by Crippen LogP contribution is -2.05. The molecule has 0 aliphatic carbocycles. The second-order valence-corrected chi connectivity index (χ2v) is 2.07. The largest absolute Gasteiger partial charge is 0.280 e. The SMILES string of the molecule is Cn1sncc1=O. The maximum Gasteiger partial charge on any atom is 0.280 e.